The van der Waals surface area contributed by atoms with Gasteiger partial charge < -0.3 is 15.1 Å². The standard InChI is InChI=1S/C31H43N5O2/c1-25-11-13-31(14-12-25,36-21-19-35(20-22-36)28-9-4-3-5-10-28)26-7-6-8-27(23-26)32-30(38)29(37)24-34-17-15-33(2)16-18-34/h3-10,23,25H,11-22,24H2,1-2H3,(H,32,38). The molecule has 1 N–H and O–H groups in total. The van der Waals surface area contributed by atoms with E-state index in [1.165, 1.54) is 24.1 Å². The zero-order valence-corrected chi connectivity index (χ0v) is 23.1. The Hall–Kier alpha value is -2.74. The molecule has 2 heterocycles. The maximum Gasteiger partial charge on any atom is 0.293 e. The molecule has 7 nitrogen and oxygen atoms in total. The van der Waals surface area contributed by atoms with Crippen LogP contribution < -0.4 is 10.2 Å². The second-order valence-corrected chi connectivity index (χ2v) is 11.6. The van der Waals surface area contributed by atoms with E-state index in [1.54, 1.807) is 0 Å². The first-order chi connectivity index (χ1) is 18.4. The molecule has 5 rings (SSSR count). The number of carbonyl (C=O) groups excluding carboxylic acids is 2. The Labute approximate surface area is 227 Å². The van der Waals surface area contributed by atoms with Gasteiger partial charge in [0, 0.05) is 69.3 Å². The number of hydrogen-bond donors (Lipinski definition) is 1. The summed E-state index contributed by atoms with van der Waals surface area (Å²) in [5.41, 5.74) is 3.26. The van der Waals surface area contributed by atoms with E-state index in [0.29, 0.717) is 0 Å². The summed E-state index contributed by atoms with van der Waals surface area (Å²) in [4.78, 5) is 35.0. The van der Waals surface area contributed by atoms with E-state index in [0.717, 1.165) is 76.8 Å². The van der Waals surface area contributed by atoms with Crippen LogP contribution in [-0.2, 0) is 15.1 Å². The number of hydrogen-bond acceptors (Lipinski definition) is 6. The predicted molar refractivity (Wildman–Crippen MR) is 154 cm³/mol. The number of benzene rings is 2. The van der Waals surface area contributed by atoms with Crippen molar-refractivity contribution in [3.05, 3.63) is 60.2 Å². The van der Waals surface area contributed by atoms with Crippen LogP contribution in [0.25, 0.3) is 0 Å². The van der Waals surface area contributed by atoms with E-state index in [4.69, 9.17) is 0 Å². The van der Waals surface area contributed by atoms with Gasteiger partial charge in [0.05, 0.1) is 6.54 Å². The molecule has 1 aliphatic carbocycles. The highest BCUT2D eigenvalue weighted by Crippen LogP contribution is 2.45. The third-order valence-electron chi connectivity index (χ3n) is 8.98. The number of likely N-dealkylation sites (N-methyl/N-ethyl adjacent to an activating group) is 1. The number of nitrogens with zero attached hydrogens (tertiary/aromatic N) is 4. The van der Waals surface area contributed by atoms with Crippen LogP contribution in [0.1, 0.15) is 38.2 Å². The van der Waals surface area contributed by atoms with Gasteiger partial charge in [-0.25, -0.2) is 0 Å². The molecule has 1 saturated carbocycles. The SMILES string of the molecule is CC1CCC(c2cccc(NC(=O)C(=O)CN3CCN(C)CC3)c2)(N2CCN(c3ccccc3)CC2)CC1. The molecular formula is C31H43N5O2. The van der Waals surface area contributed by atoms with Crippen LogP contribution in [0.3, 0.4) is 0 Å². The molecule has 204 valence electrons. The summed E-state index contributed by atoms with van der Waals surface area (Å²) in [5.74, 6) is -0.133. The topological polar surface area (TPSA) is 59.1 Å². The van der Waals surface area contributed by atoms with Gasteiger partial charge in [-0.1, -0.05) is 37.3 Å². The summed E-state index contributed by atoms with van der Waals surface area (Å²) in [6.45, 7) is 10.1. The Morgan fingerprint density at radius 3 is 2.24 bits per heavy atom. The number of amides is 1. The highest BCUT2D eigenvalue weighted by molar-refractivity contribution is 6.41. The lowest BCUT2D eigenvalue weighted by Crippen LogP contribution is -2.56. The molecule has 7 heteroatoms. The van der Waals surface area contributed by atoms with Crippen molar-refractivity contribution in [2.24, 2.45) is 5.92 Å². The third-order valence-corrected chi connectivity index (χ3v) is 8.98. The minimum atomic E-state index is -0.510. The molecule has 2 saturated heterocycles. The van der Waals surface area contributed by atoms with E-state index >= 15 is 0 Å². The fraction of sp³-hybridized carbons (Fsp3) is 0.548. The van der Waals surface area contributed by atoms with Crippen LogP contribution in [0.5, 0.6) is 0 Å². The molecule has 0 aromatic heterocycles. The van der Waals surface area contributed by atoms with Crippen molar-refractivity contribution in [1.29, 1.82) is 0 Å². The van der Waals surface area contributed by atoms with Gasteiger partial charge in [-0.15, -0.1) is 0 Å². The molecule has 0 atom stereocenters. The van der Waals surface area contributed by atoms with Crippen molar-refractivity contribution in [3.8, 4) is 0 Å². The fourth-order valence-corrected chi connectivity index (χ4v) is 6.43. The molecule has 0 bridgehead atoms. The first kappa shape index (κ1) is 26.9. The molecule has 0 spiro atoms. The van der Waals surface area contributed by atoms with Crippen molar-refractivity contribution in [2.45, 2.75) is 38.1 Å². The number of para-hydroxylation sites is 1. The molecule has 0 unspecified atom stereocenters. The minimum absolute atomic E-state index is 0.0279. The Bertz CT molecular complexity index is 1080. The van der Waals surface area contributed by atoms with E-state index in [2.05, 4.69) is 81.4 Å². The Morgan fingerprint density at radius 2 is 1.55 bits per heavy atom. The molecule has 1 amide bonds. The van der Waals surface area contributed by atoms with Crippen LogP contribution in [0, 0.1) is 5.92 Å². The van der Waals surface area contributed by atoms with Gasteiger partial charge in [0.2, 0.25) is 5.78 Å². The van der Waals surface area contributed by atoms with E-state index in [1.807, 2.05) is 12.1 Å². The van der Waals surface area contributed by atoms with Gasteiger partial charge in [0.25, 0.3) is 5.91 Å². The predicted octanol–water partition coefficient (Wildman–Crippen LogP) is 3.67. The lowest BCUT2D eigenvalue weighted by Gasteiger charge is -2.51. The van der Waals surface area contributed by atoms with Gasteiger partial charge in [0.15, 0.2) is 0 Å². The van der Waals surface area contributed by atoms with Crippen molar-refractivity contribution < 1.29 is 9.59 Å². The first-order valence-electron chi connectivity index (χ1n) is 14.3. The van der Waals surface area contributed by atoms with Gasteiger partial charge in [0.1, 0.15) is 0 Å². The summed E-state index contributed by atoms with van der Waals surface area (Å²) in [6, 6.07) is 19.0. The first-order valence-corrected chi connectivity index (χ1v) is 14.3. The van der Waals surface area contributed by atoms with Gasteiger partial charge in [-0.05, 0) is 68.5 Å². The Kier molecular flexibility index (Phi) is 8.46. The van der Waals surface area contributed by atoms with Gasteiger partial charge in [-0.3, -0.25) is 19.4 Å². The largest absolute Gasteiger partial charge is 0.369 e. The summed E-state index contributed by atoms with van der Waals surface area (Å²) < 4.78 is 0. The number of ketones is 1. The average molecular weight is 518 g/mol. The summed E-state index contributed by atoms with van der Waals surface area (Å²) >= 11 is 0. The molecule has 0 radical (unpaired) electrons. The Morgan fingerprint density at radius 1 is 0.868 bits per heavy atom. The highest BCUT2D eigenvalue weighted by atomic mass is 16.2. The van der Waals surface area contributed by atoms with E-state index in [-0.39, 0.29) is 17.9 Å². The summed E-state index contributed by atoms with van der Waals surface area (Å²) in [5, 5.41) is 2.92. The number of nitrogens with one attached hydrogen (secondary N) is 1. The Balaban J connectivity index is 1.28. The molecule has 3 fully saturated rings. The quantitative estimate of drug-likeness (QED) is 0.566. The number of carbonyl (C=O) groups is 2. The molecule has 3 aliphatic rings. The second kappa shape index (κ2) is 12.0. The molecule has 2 aromatic carbocycles. The normalized spacial score (nSPS) is 25.7. The van der Waals surface area contributed by atoms with Crippen molar-refractivity contribution in [1.82, 2.24) is 14.7 Å². The maximum atomic E-state index is 12.8. The number of anilines is 2. The van der Waals surface area contributed by atoms with Crippen LogP contribution >= 0.6 is 0 Å². The molecular weight excluding hydrogens is 474 g/mol. The number of Topliss-reactive ketones (excluding diaryl/α,β-unsaturated/α-hetero) is 1. The second-order valence-electron chi connectivity index (χ2n) is 11.6. The van der Waals surface area contributed by atoms with Crippen LogP contribution in [0.4, 0.5) is 11.4 Å². The fourth-order valence-electron chi connectivity index (χ4n) is 6.43. The monoisotopic (exact) mass is 517 g/mol. The van der Waals surface area contributed by atoms with Gasteiger partial charge in [-0.2, -0.15) is 0 Å². The van der Waals surface area contributed by atoms with Crippen molar-refractivity contribution in [2.75, 3.05) is 76.2 Å². The molecule has 38 heavy (non-hydrogen) atoms. The van der Waals surface area contributed by atoms with Crippen molar-refractivity contribution in [3.63, 3.8) is 0 Å². The number of rotatable bonds is 7. The van der Waals surface area contributed by atoms with E-state index in [9.17, 15) is 9.59 Å². The molecule has 2 aromatic rings. The van der Waals surface area contributed by atoms with Crippen LogP contribution in [-0.4, -0.2) is 92.3 Å². The zero-order chi connectivity index (χ0) is 26.5. The van der Waals surface area contributed by atoms with Crippen LogP contribution in [0.2, 0.25) is 0 Å². The lowest BCUT2D eigenvalue weighted by atomic mass is 9.71. The smallest absolute Gasteiger partial charge is 0.293 e. The summed E-state index contributed by atoms with van der Waals surface area (Å²) in [7, 11) is 2.09. The van der Waals surface area contributed by atoms with Crippen LogP contribution in [0.15, 0.2) is 54.6 Å². The van der Waals surface area contributed by atoms with E-state index < -0.39 is 5.91 Å². The molecule has 2 aliphatic heterocycles. The maximum absolute atomic E-state index is 12.8. The zero-order valence-electron chi connectivity index (χ0n) is 23.1. The number of piperazine rings is 2. The highest BCUT2D eigenvalue weighted by Gasteiger charge is 2.42. The van der Waals surface area contributed by atoms with Crippen molar-refractivity contribution >= 4 is 23.1 Å². The minimum Gasteiger partial charge on any atom is -0.369 e. The average Bonchev–Trinajstić information content (AvgIpc) is 2.95. The summed E-state index contributed by atoms with van der Waals surface area (Å²) in [6.07, 6.45) is 4.66. The lowest BCUT2D eigenvalue weighted by molar-refractivity contribution is -0.135. The van der Waals surface area contributed by atoms with Gasteiger partial charge >= 0.3 is 0 Å². The third kappa shape index (κ3) is 6.11.